The Morgan fingerprint density at radius 2 is 1.60 bits per heavy atom. The minimum absolute atomic E-state index is 0.110. The van der Waals surface area contributed by atoms with E-state index in [2.05, 4.69) is 30.0 Å². The van der Waals surface area contributed by atoms with Gasteiger partial charge in [0.05, 0.1) is 20.5 Å². The molecular formula is C31H39F3N6O6S. The molecule has 2 aliphatic rings. The van der Waals surface area contributed by atoms with Gasteiger partial charge in [-0.25, -0.2) is 36.3 Å². The van der Waals surface area contributed by atoms with Crippen molar-refractivity contribution in [3.8, 4) is 0 Å². The Bertz CT molecular complexity index is 1760. The standard InChI is InChI=1S/C31H39F3N6O6S/c1-27(2,3)45-24(42)17-10-12-19(35-15-17)23(41)38-21-13-11-18(32)22(37-21)30(9)20-14-31(33,34)16-36-47(20,44)29(7,8)25(40-30)39-26(43)46-28(4,5)6/h10-13,15,20H,14,16H2,1-9H3,(H,37,38,41)(H,39,40,43)/t20-,30+,47-/m1/s1. The van der Waals surface area contributed by atoms with Crippen molar-refractivity contribution in [2.45, 2.75) is 101 Å². The molecule has 16 heteroatoms. The van der Waals surface area contributed by atoms with Gasteiger partial charge in [-0.1, -0.05) is 0 Å². The van der Waals surface area contributed by atoms with Gasteiger partial charge in [-0.05, 0) is 86.6 Å². The third-order valence-electron chi connectivity index (χ3n) is 7.45. The number of hydrogen-bond acceptors (Lipinski definition) is 10. The Kier molecular flexibility index (Phi) is 9.03. The smallest absolute Gasteiger partial charge is 0.413 e. The van der Waals surface area contributed by atoms with E-state index in [-0.39, 0.29) is 22.9 Å². The fraction of sp³-hybridized carbons (Fsp3) is 0.548. The number of hydrogen-bond donors (Lipinski definition) is 2. The van der Waals surface area contributed by atoms with Gasteiger partial charge >= 0.3 is 12.1 Å². The summed E-state index contributed by atoms with van der Waals surface area (Å²) in [7, 11) is -3.69. The highest BCUT2D eigenvalue weighted by molar-refractivity contribution is 7.96. The number of amidine groups is 1. The molecule has 3 atom stereocenters. The average molecular weight is 681 g/mol. The molecule has 0 radical (unpaired) electrons. The Morgan fingerprint density at radius 3 is 2.17 bits per heavy atom. The molecule has 0 spiro atoms. The monoisotopic (exact) mass is 680 g/mol. The number of alkyl carbamates (subject to hydrolysis) is 1. The lowest BCUT2D eigenvalue weighted by molar-refractivity contribution is -0.00698. The summed E-state index contributed by atoms with van der Waals surface area (Å²) in [5, 5.41) is 3.41. The van der Waals surface area contributed by atoms with E-state index in [1.807, 2.05) is 0 Å². The van der Waals surface area contributed by atoms with Crippen molar-refractivity contribution < 1.29 is 41.2 Å². The first-order valence-electron chi connectivity index (χ1n) is 14.7. The molecule has 2 N–H and O–H groups in total. The average Bonchev–Trinajstić information content (AvgIpc) is 2.92. The van der Waals surface area contributed by atoms with Gasteiger partial charge in [0.2, 0.25) is 0 Å². The quantitative estimate of drug-likeness (QED) is 0.393. The molecule has 2 aliphatic heterocycles. The Hall–Kier alpha value is -4.08. The number of nitrogens with one attached hydrogen (secondary N) is 2. The molecule has 2 aromatic rings. The third-order valence-corrected chi connectivity index (χ3v) is 11.0. The van der Waals surface area contributed by atoms with Crippen molar-refractivity contribution in [1.82, 2.24) is 15.3 Å². The number of aromatic nitrogens is 2. The maximum Gasteiger partial charge on any atom is 0.413 e. The largest absolute Gasteiger partial charge is 0.456 e. The van der Waals surface area contributed by atoms with Gasteiger partial charge in [0.1, 0.15) is 56.9 Å². The number of halogens is 3. The second-order valence-corrected chi connectivity index (χ2v) is 17.0. The number of pyridine rings is 2. The highest BCUT2D eigenvalue weighted by Crippen LogP contribution is 2.50. The van der Waals surface area contributed by atoms with E-state index in [1.54, 1.807) is 41.5 Å². The van der Waals surface area contributed by atoms with Crippen LogP contribution in [0.25, 0.3) is 0 Å². The molecule has 0 aromatic carbocycles. The normalized spacial score (nSPS) is 24.9. The Labute approximate surface area is 271 Å². The lowest BCUT2D eigenvalue weighted by Crippen LogP contribution is -2.64. The number of rotatable bonds is 4. The minimum Gasteiger partial charge on any atom is -0.456 e. The summed E-state index contributed by atoms with van der Waals surface area (Å²) in [6, 6.07) is 4.73. The summed E-state index contributed by atoms with van der Waals surface area (Å²) in [5.74, 6) is -6.19. The van der Waals surface area contributed by atoms with Gasteiger partial charge in [0.25, 0.3) is 11.8 Å². The molecular weight excluding hydrogens is 641 g/mol. The first-order valence-corrected chi connectivity index (χ1v) is 16.3. The number of esters is 1. The lowest BCUT2D eigenvalue weighted by atomic mass is 9.88. The second kappa shape index (κ2) is 11.9. The van der Waals surface area contributed by atoms with Crippen molar-refractivity contribution in [1.29, 1.82) is 0 Å². The zero-order chi connectivity index (χ0) is 35.4. The Morgan fingerprint density at radius 1 is 0.957 bits per heavy atom. The van der Waals surface area contributed by atoms with Crippen LogP contribution in [0.2, 0.25) is 0 Å². The summed E-state index contributed by atoms with van der Waals surface area (Å²) in [4.78, 5) is 50.9. The van der Waals surface area contributed by atoms with Gasteiger partial charge in [-0.3, -0.25) is 20.1 Å². The number of aliphatic imine (C=N–C) groups is 1. The summed E-state index contributed by atoms with van der Waals surface area (Å²) >= 11 is 0. The third kappa shape index (κ3) is 7.41. The van der Waals surface area contributed by atoms with E-state index in [0.717, 1.165) is 18.3 Å². The van der Waals surface area contributed by atoms with Crippen molar-refractivity contribution in [3.05, 3.63) is 53.2 Å². The van der Waals surface area contributed by atoms with Crippen molar-refractivity contribution >= 4 is 39.4 Å². The molecule has 2 aromatic heterocycles. The van der Waals surface area contributed by atoms with E-state index in [9.17, 15) is 27.4 Å². The number of fused-ring (bicyclic) bond motifs is 1. The zero-order valence-electron chi connectivity index (χ0n) is 27.7. The molecule has 4 heterocycles. The number of carbonyl (C=O) groups excluding carboxylic acids is 3. The van der Waals surface area contributed by atoms with E-state index in [1.165, 1.54) is 32.9 Å². The SMILES string of the molecule is CC(C)(C)OC(=O)NC1=N[C@](C)(c2nc(NC(=O)c3ccc(C(=O)OC(C)(C)C)cn3)ccc2F)[C@H]2CC(F)(F)CN=[S@]2(=O)C1(C)C. The molecule has 256 valence electrons. The molecule has 2 amide bonds. The predicted molar refractivity (Wildman–Crippen MR) is 169 cm³/mol. The van der Waals surface area contributed by atoms with Crippen LogP contribution in [0, 0.1) is 5.82 Å². The number of anilines is 1. The summed E-state index contributed by atoms with van der Waals surface area (Å²) in [6.45, 7) is 13.1. The van der Waals surface area contributed by atoms with E-state index >= 15 is 4.39 Å². The van der Waals surface area contributed by atoms with Crippen LogP contribution in [0.1, 0.15) is 95.3 Å². The van der Waals surface area contributed by atoms with Crippen LogP contribution in [0.15, 0.2) is 39.8 Å². The first-order chi connectivity index (χ1) is 21.4. The first kappa shape index (κ1) is 35.8. The van der Waals surface area contributed by atoms with Crippen LogP contribution in [-0.2, 0) is 24.7 Å². The van der Waals surface area contributed by atoms with Crippen molar-refractivity contribution in [2.75, 3.05) is 11.9 Å². The summed E-state index contributed by atoms with van der Waals surface area (Å²) < 4.78 is 73.1. The highest BCUT2D eigenvalue weighted by atomic mass is 32.2. The topological polar surface area (TPSA) is 161 Å². The van der Waals surface area contributed by atoms with Crippen LogP contribution < -0.4 is 10.6 Å². The summed E-state index contributed by atoms with van der Waals surface area (Å²) in [5.41, 5.74) is -4.23. The molecule has 0 saturated heterocycles. The molecule has 0 bridgehead atoms. The maximum absolute atomic E-state index is 15.7. The highest BCUT2D eigenvalue weighted by Gasteiger charge is 2.61. The molecule has 0 unspecified atom stereocenters. The van der Waals surface area contributed by atoms with Crippen LogP contribution in [0.5, 0.6) is 0 Å². The van der Waals surface area contributed by atoms with Crippen LogP contribution in [0.3, 0.4) is 0 Å². The molecule has 4 rings (SSSR count). The lowest BCUT2D eigenvalue weighted by Gasteiger charge is -2.49. The minimum atomic E-state index is -3.69. The van der Waals surface area contributed by atoms with Crippen molar-refractivity contribution in [2.24, 2.45) is 9.36 Å². The molecule has 0 aliphatic carbocycles. The van der Waals surface area contributed by atoms with Gasteiger partial charge in [-0.2, -0.15) is 0 Å². The number of nitrogens with zero attached hydrogens (tertiary/aromatic N) is 4. The van der Waals surface area contributed by atoms with Gasteiger partial charge < -0.3 is 14.8 Å². The van der Waals surface area contributed by atoms with E-state index in [0.29, 0.717) is 0 Å². The number of alkyl halides is 2. The fourth-order valence-electron chi connectivity index (χ4n) is 5.15. The number of carbonyl (C=O) groups is 3. The van der Waals surface area contributed by atoms with Crippen molar-refractivity contribution in [3.63, 3.8) is 0 Å². The zero-order valence-corrected chi connectivity index (χ0v) is 28.5. The van der Waals surface area contributed by atoms with Crippen LogP contribution in [-0.4, -0.2) is 71.6 Å². The van der Waals surface area contributed by atoms with E-state index in [4.69, 9.17) is 9.47 Å². The maximum atomic E-state index is 15.7. The Balaban J connectivity index is 1.75. The molecule has 0 saturated carbocycles. The second-order valence-electron chi connectivity index (χ2n) is 14.1. The van der Waals surface area contributed by atoms with Gasteiger partial charge in [0.15, 0.2) is 0 Å². The molecule has 47 heavy (non-hydrogen) atoms. The summed E-state index contributed by atoms with van der Waals surface area (Å²) in [6.07, 6.45) is -0.743. The van der Waals surface area contributed by atoms with Gasteiger partial charge in [0, 0.05) is 12.6 Å². The van der Waals surface area contributed by atoms with Crippen LogP contribution in [0.4, 0.5) is 23.8 Å². The predicted octanol–water partition coefficient (Wildman–Crippen LogP) is 5.63. The number of amides is 2. The van der Waals surface area contributed by atoms with Crippen LogP contribution >= 0.6 is 0 Å². The number of ether oxygens (including phenoxy) is 2. The molecule has 0 fully saturated rings. The fourth-order valence-corrected chi connectivity index (χ4v) is 8.38. The van der Waals surface area contributed by atoms with E-state index < -0.39 is 84.8 Å². The molecule has 12 nitrogen and oxygen atoms in total. The van der Waals surface area contributed by atoms with Gasteiger partial charge in [-0.15, -0.1) is 0 Å².